The molecule has 0 fully saturated rings. The van der Waals surface area contributed by atoms with E-state index in [1.165, 1.54) is 18.4 Å². The van der Waals surface area contributed by atoms with E-state index in [2.05, 4.69) is 43.4 Å². The maximum atomic E-state index is 5.81. The number of nitrogens with one attached hydrogen (secondary N) is 1. The molecule has 96 valence electrons. The summed E-state index contributed by atoms with van der Waals surface area (Å²) in [5.41, 5.74) is 1.25. The molecule has 0 aromatic heterocycles. The SMILES string of the molecule is CCCNCCCC(C)OCc1ccccc1. The first-order valence-corrected chi connectivity index (χ1v) is 6.69. The summed E-state index contributed by atoms with van der Waals surface area (Å²) in [6.07, 6.45) is 3.87. The zero-order valence-corrected chi connectivity index (χ0v) is 11.1. The fourth-order valence-electron chi connectivity index (χ4n) is 1.71. The van der Waals surface area contributed by atoms with Crippen LogP contribution in [0.3, 0.4) is 0 Å². The van der Waals surface area contributed by atoms with E-state index in [0.29, 0.717) is 6.10 Å². The smallest absolute Gasteiger partial charge is 0.0720 e. The molecule has 0 bridgehead atoms. The summed E-state index contributed by atoms with van der Waals surface area (Å²) in [7, 11) is 0. The monoisotopic (exact) mass is 235 g/mol. The van der Waals surface area contributed by atoms with Crippen molar-refractivity contribution in [3.8, 4) is 0 Å². The fraction of sp³-hybridized carbons (Fsp3) is 0.600. The zero-order valence-electron chi connectivity index (χ0n) is 11.1. The van der Waals surface area contributed by atoms with Gasteiger partial charge in [0.2, 0.25) is 0 Å². The van der Waals surface area contributed by atoms with Crippen LogP contribution in [-0.2, 0) is 11.3 Å². The maximum absolute atomic E-state index is 5.81. The van der Waals surface area contributed by atoms with Crippen molar-refractivity contribution in [1.82, 2.24) is 5.32 Å². The maximum Gasteiger partial charge on any atom is 0.0720 e. The molecule has 1 atom stereocenters. The Hall–Kier alpha value is -0.860. The van der Waals surface area contributed by atoms with Gasteiger partial charge in [0.15, 0.2) is 0 Å². The Kier molecular flexibility index (Phi) is 7.69. The van der Waals surface area contributed by atoms with Crippen LogP contribution in [-0.4, -0.2) is 19.2 Å². The van der Waals surface area contributed by atoms with E-state index >= 15 is 0 Å². The first kappa shape index (κ1) is 14.2. The van der Waals surface area contributed by atoms with Crippen molar-refractivity contribution in [1.29, 1.82) is 0 Å². The van der Waals surface area contributed by atoms with Gasteiger partial charge in [-0.2, -0.15) is 0 Å². The summed E-state index contributed by atoms with van der Waals surface area (Å²) in [6.45, 7) is 7.30. The number of ether oxygens (including phenoxy) is 1. The Morgan fingerprint density at radius 3 is 2.65 bits per heavy atom. The lowest BCUT2D eigenvalue weighted by Gasteiger charge is -2.13. The van der Waals surface area contributed by atoms with Crippen molar-refractivity contribution in [2.24, 2.45) is 0 Å². The van der Waals surface area contributed by atoms with Crippen molar-refractivity contribution in [3.05, 3.63) is 35.9 Å². The van der Waals surface area contributed by atoms with Crippen molar-refractivity contribution in [2.45, 2.75) is 45.8 Å². The van der Waals surface area contributed by atoms with Crippen LogP contribution in [0.5, 0.6) is 0 Å². The van der Waals surface area contributed by atoms with Crippen LogP contribution in [0.1, 0.15) is 38.7 Å². The van der Waals surface area contributed by atoms with E-state index in [0.717, 1.165) is 26.1 Å². The fourth-order valence-corrected chi connectivity index (χ4v) is 1.71. The molecule has 0 aliphatic rings. The highest BCUT2D eigenvalue weighted by Crippen LogP contribution is 2.06. The number of benzene rings is 1. The molecule has 1 aromatic carbocycles. The highest BCUT2D eigenvalue weighted by Gasteiger charge is 2.02. The minimum atomic E-state index is 0.346. The topological polar surface area (TPSA) is 21.3 Å². The predicted molar refractivity (Wildman–Crippen MR) is 73.1 cm³/mol. The van der Waals surface area contributed by atoms with E-state index in [4.69, 9.17) is 4.74 Å². The minimum absolute atomic E-state index is 0.346. The second-order valence-corrected chi connectivity index (χ2v) is 4.50. The van der Waals surface area contributed by atoms with Crippen molar-refractivity contribution in [2.75, 3.05) is 13.1 Å². The molecule has 0 radical (unpaired) electrons. The average molecular weight is 235 g/mol. The molecular weight excluding hydrogens is 210 g/mol. The third-order valence-electron chi connectivity index (χ3n) is 2.77. The van der Waals surface area contributed by atoms with Crippen LogP contribution in [0.15, 0.2) is 30.3 Å². The molecule has 0 aliphatic heterocycles. The van der Waals surface area contributed by atoms with Gasteiger partial charge in [0.25, 0.3) is 0 Å². The lowest BCUT2D eigenvalue weighted by molar-refractivity contribution is 0.0464. The van der Waals surface area contributed by atoms with Gasteiger partial charge in [-0.3, -0.25) is 0 Å². The number of hydrogen-bond acceptors (Lipinski definition) is 2. The summed E-state index contributed by atoms with van der Waals surface area (Å²) in [4.78, 5) is 0. The van der Waals surface area contributed by atoms with E-state index in [-0.39, 0.29) is 0 Å². The summed E-state index contributed by atoms with van der Waals surface area (Å²) >= 11 is 0. The molecule has 0 saturated carbocycles. The molecule has 2 heteroatoms. The Labute approximate surface area is 105 Å². The van der Waals surface area contributed by atoms with Crippen molar-refractivity contribution < 1.29 is 4.74 Å². The molecule has 1 rings (SSSR count). The van der Waals surface area contributed by atoms with Gasteiger partial charge in [-0.15, -0.1) is 0 Å². The summed E-state index contributed by atoms with van der Waals surface area (Å²) < 4.78 is 5.81. The summed E-state index contributed by atoms with van der Waals surface area (Å²) in [5.74, 6) is 0. The van der Waals surface area contributed by atoms with E-state index in [1.54, 1.807) is 0 Å². The van der Waals surface area contributed by atoms with Gasteiger partial charge >= 0.3 is 0 Å². The number of hydrogen-bond donors (Lipinski definition) is 1. The molecule has 1 aromatic rings. The largest absolute Gasteiger partial charge is 0.374 e. The quantitative estimate of drug-likeness (QED) is 0.663. The van der Waals surface area contributed by atoms with E-state index < -0.39 is 0 Å². The molecule has 1 N–H and O–H groups in total. The Morgan fingerprint density at radius 1 is 1.18 bits per heavy atom. The molecule has 17 heavy (non-hydrogen) atoms. The highest BCUT2D eigenvalue weighted by molar-refractivity contribution is 5.13. The Balaban J connectivity index is 2.03. The lowest BCUT2D eigenvalue weighted by atomic mass is 10.2. The van der Waals surface area contributed by atoms with Crippen LogP contribution < -0.4 is 5.32 Å². The molecule has 0 spiro atoms. The van der Waals surface area contributed by atoms with E-state index in [9.17, 15) is 0 Å². The summed E-state index contributed by atoms with van der Waals surface area (Å²) in [5, 5.41) is 3.41. The molecule has 0 saturated heterocycles. The first-order valence-electron chi connectivity index (χ1n) is 6.69. The zero-order chi connectivity index (χ0) is 12.3. The average Bonchev–Trinajstić information content (AvgIpc) is 2.37. The van der Waals surface area contributed by atoms with Gasteiger partial charge in [-0.05, 0) is 44.8 Å². The van der Waals surface area contributed by atoms with E-state index in [1.807, 2.05) is 6.07 Å². The van der Waals surface area contributed by atoms with Gasteiger partial charge < -0.3 is 10.1 Å². The third-order valence-corrected chi connectivity index (χ3v) is 2.77. The molecule has 1 unspecified atom stereocenters. The van der Waals surface area contributed by atoms with Crippen LogP contribution in [0.4, 0.5) is 0 Å². The highest BCUT2D eigenvalue weighted by atomic mass is 16.5. The van der Waals surface area contributed by atoms with Crippen LogP contribution in [0, 0.1) is 0 Å². The van der Waals surface area contributed by atoms with Gasteiger partial charge in [0.05, 0.1) is 12.7 Å². The molecule has 2 nitrogen and oxygen atoms in total. The Bertz CT molecular complexity index is 274. The van der Waals surface area contributed by atoms with Gasteiger partial charge in [0, 0.05) is 0 Å². The minimum Gasteiger partial charge on any atom is -0.374 e. The van der Waals surface area contributed by atoms with Crippen LogP contribution in [0.25, 0.3) is 0 Å². The van der Waals surface area contributed by atoms with Gasteiger partial charge in [-0.25, -0.2) is 0 Å². The van der Waals surface area contributed by atoms with Crippen molar-refractivity contribution in [3.63, 3.8) is 0 Å². The van der Waals surface area contributed by atoms with Gasteiger partial charge in [-0.1, -0.05) is 37.3 Å². The summed E-state index contributed by atoms with van der Waals surface area (Å²) in [6, 6.07) is 10.4. The molecular formula is C15H25NO. The Morgan fingerprint density at radius 2 is 1.94 bits per heavy atom. The number of rotatable bonds is 9. The first-order chi connectivity index (χ1) is 8.33. The predicted octanol–water partition coefficient (Wildman–Crippen LogP) is 3.37. The second-order valence-electron chi connectivity index (χ2n) is 4.50. The lowest BCUT2D eigenvalue weighted by Crippen LogP contribution is -2.18. The molecule has 0 heterocycles. The van der Waals surface area contributed by atoms with Gasteiger partial charge in [0.1, 0.15) is 0 Å². The second kappa shape index (κ2) is 9.20. The third kappa shape index (κ3) is 7.14. The van der Waals surface area contributed by atoms with Crippen LogP contribution in [0.2, 0.25) is 0 Å². The van der Waals surface area contributed by atoms with Crippen molar-refractivity contribution >= 4 is 0 Å². The molecule has 0 amide bonds. The normalized spacial score (nSPS) is 12.6. The molecule has 0 aliphatic carbocycles. The standard InChI is InChI=1S/C15H25NO/c1-3-11-16-12-7-8-14(2)17-13-15-9-5-4-6-10-15/h4-6,9-10,14,16H,3,7-8,11-13H2,1-2H3. The van der Waals surface area contributed by atoms with Crippen LogP contribution >= 0.6 is 0 Å².